The molecule has 0 unspecified atom stereocenters. The molecule has 0 aromatic heterocycles. The lowest BCUT2D eigenvalue weighted by molar-refractivity contribution is -0.122. The first-order chi connectivity index (χ1) is 16.8. The van der Waals surface area contributed by atoms with Crippen LogP contribution in [0.5, 0.6) is 11.5 Å². The van der Waals surface area contributed by atoms with E-state index in [0.29, 0.717) is 26.6 Å². The molecular formula is C25H17BrClFN2O4S. The summed E-state index contributed by atoms with van der Waals surface area (Å²) in [5.74, 6) is -1.31. The van der Waals surface area contributed by atoms with Crippen LogP contribution in [0.25, 0.3) is 6.08 Å². The predicted octanol–water partition coefficient (Wildman–Crippen LogP) is 5.66. The van der Waals surface area contributed by atoms with Gasteiger partial charge in [-0.1, -0.05) is 41.9 Å². The first-order valence-electron chi connectivity index (χ1n) is 10.2. The SMILES string of the molecule is COc1cc(/C=C2/C(=O)NC(=S)N(c3ccccc3F)C2=O)cc(Br)c1OCc1ccccc1Cl. The second-order valence-corrected chi connectivity index (χ2v) is 8.97. The quantitative estimate of drug-likeness (QED) is 0.233. The molecule has 6 nitrogen and oxygen atoms in total. The highest BCUT2D eigenvalue weighted by Crippen LogP contribution is 2.38. The molecule has 2 amide bonds. The summed E-state index contributed by atoms with van der Waals surface area (Å²) in [7, 11) is 1.47. The van der Waals surface area contributed by atoms with Crippen LogP contribution in [0.2, 0.25) is 5.02 Å². The van der Waals surface area contributed by atoms with Gasteiger partial charge in [0.1, 0.15) is 18.0 Å². The number of amides is 2. The summed E-state index contributed by atoms with van der Waals surface area (Å²) < 4.78 is 26.3. The number of para-hydroxylation sites is 1. The number of nitrogens with one attached hydrogen (secondary N) is 1. The van der Waals surface area contributed by atoms with Crippen molar-refractivity contribution in [3.05, 3.63) is 92.7 Å². The summed E-state index contributed by atoms with van der Waals surface area (Å²) in [6.07, 6.45) is 1.37. The molecule has 0 spiro atoms. The van der Waals surface area contributed by atoms with Gasteiger partial charge in [-0.05, 0) is 70.1 Å². The molecule has 3 aromatic carbocycles. The Kier molecular flexibility index (Phi) is 7.49. The molecule has 10 heteroatoms. The van der Waals surface area contributed by atoms with E-state index in [4.69, 9.17) is 33.3 Å². The van der Waals surface area contributed by atoms with Crippen molar-refractivity contribution in [1.82, 2.24) is 5.32 Å². The Balaban J connectivity index is 1.66. The number of carbonyl (C=O) groups is 2. The number of thiocarbonyl (C=S) groups is 1. The van der Waals surface area contributed by atoms with E-state index < -0.39 is 17.6 Å². The Bertz CT molecular complexity index is 1380. The van der Waals surface area contributed by atoms with E-state index in [9.17, 15) is 14.0 Å². The Morgan fingerprint density at radius 3 is 2.57 bits per heavy atom. The molecule has 0 bridgehead atoms. The predicted molar refractivity (Wildman–Crippen MR) is 139 cm³/mol. The lowest BCUT2D eigenvalue weighted by Gasteiger charge is -2.29. The zero-order valence-corrected chi connectivity index (χ0v) is 21.3. The molecule has 3 aromatic rings. The van der Waals surface area contributed by atoms with Crippen LogP contribution < -0.4 is 19.7 Å². The number of carbonyl (C=O) groups excluding carboxylic acids is 2. The molecule has 1 aliphatic heterocycles. The van der Waals surface area contributed by atoms with Gasteiger partial charge in [0.25, 0.3) is 11.8 Å². The average Bonchev–Trinajstić information content (AvgIpc) is 2.83. The summed E-state index contributed by atoms with van der Waals surface area (Å²) in [5, 5.41) is 2.80. The molecule has 4 rings (SSSR count). The van der Waals surface area contributed by atoms with Crippen LogP contribution in [-0.4, -0.2) is 24.0 Å². The fraction of sp³-hybridized carbons (Fsp3) is 0.0800. The average molecular weight is 576 g/mol. The summed E-state index contributed by atoms with van der Waals surface area (Å²) in [6, 6.07) is 16.2. The molecule has 1 aliphatic rings. The van der Waals surface area contributed by atoms with Crippen LogP contribution in [0.15, 0.2) is 70.7 Å². The number of anilines is 1. The molecular weight excluding hydrogens is 559 g/mol. The van der Waals surface area contributed by atoms with Crippen molar-refractivity contribution >= 4 is 68.4 Å². The summed E-state index contributed by atoms with van der Waals surface area (Å²) >= 11 is 14.8. The number of methoxy groups -OCH3 is 1. The Morgan fingerprint density at radius 2 is 1.86 bits per heavy atom. The van der Waals surface area contributed by atoms with Crippen molar-refractivity contribution in [3.8, 4) is 11.5 Å². The van der Waals surface area contributed by atoms with E-state index in [1.165, 1.54) is 31.4 Å². The molecule has 1 heterocycles. The van der Waals surface area contributed by atoms with Crippen molar-refractivity contribution in [3.63, 3.8) is 0 Å². The van der Waals surface area contributed by atoms with E-state index in [0.717, 1.165) is 10.5 Å². The zero-order chi connectivity index (χ0) is 25.1. The maximum atomic E-state index is 14.4. The van der Waals surface area contributed by atoms with Gasteiger partial charge in [0, 0.05) is 10.6 Å². The van der Waals surface area contributed by atoms with Gasteiger partial charge in [-0.2, -0.15) is 0 Å². The maximum Gasteiger partial charge on any atom is 0.270 e. The number of nitrogens with zero attached hydrogens (tertiary/aromatic N) is 1. The standard InChI is InChI=1S/C25H17BrClFN2O4S/c1-33-21-12-14(11-17(26)22(21)34-13-15-6-2-3-7-18(15)27)10-16-23(31)29-25(35)30(24(16)32)20-9-5-4-8-19(20)28/h2-12H,13H2,1H3,(H,29,31,35)/b16-10-. The number of ether oxygens (including phenoxy) is 2. The number of halogens is 3. The third-order valence-corrected chi connectivity index (χ3v) is 6.33. The van der Waals surface area contributed by atoms with Gasteiger partial charge >= 0.3 is 0 Å². The first-order valence-corrected chi connectivity index (χ1v) is 11.8. The lowest BCUT2D eigenvalue weighted by atomic mass is 10.1. The van der Waals surface area contributed by atoms with Gasteiger partial charge in [-0.3, -0.25) is 14.9 Å². The van der Waals surface area contributed by atoms with E-state index >= 15 is 0 Å². The Hall–Kier alpha value is -3.27. The number of hydrogen-bond acceptors (Lipinski definition) is 5. The minimum Gasteiger partial charge on any atom is -0.493 e. The lowest BCUT2D eigenvalue weighted by Crippen LogP contribution is -2.54. The highest BCUT2D eigenvalue weighted by molar-refractivity contribution is 9.10. The second-order valence-electron chi connectivity index (χ2n) is 7.32. The van der Waals surface area contributed by atoms with Gasteiger partial charge in [0.05, 0.1) is 17.3 Å². The molecule has 1 N–H and O–H groups in total. The van der Waals surface area contributed by atoms with Crippen LogP contribution in [0.3, 0.4) is 0 Å². The minimum absolute atomic E-state index is 0.0597. The van der Waals surface area contributed by atoms with Gasteiger partial charge in [-0.15, -0.1) is 0 Å². The van der Waals surface area contributed by atoms with Crippen LogP contribution >= 0.6 is 39.7 Å². The van der Waals surface area contributed by atoms with Crippen LogP contribution in [0.1, 0.15) is 11.1 Å². The highest BCUT2D eigenvalue weighted by atomic mass is 79.9. The van der Waals surface area contributed by atoms with Crippen LogP contribution in [0.4, 0.5) is 10.1 Å². The van der Waals surface area contributed by atoms with E-state index in [-0.39, 0.29) is 23.0 Å². The van der Waals surface area contributed by atoms with Crippen LogP contribution in [0, 0.1) is 5.82 Å². The zero-order valence-electron chi connectivity index (χ0n) is 18.2. The van der Waals surface area contributed by atoms with Gasteiger partial charge in [0.15, 0.2) is 16.6 Å². The van der Waals surface area contributed by atoms with Gasteiger partial charge in [0.2, 0.25) is 0 Å². The van der Waals surface area contributed by atoms with Crippen molar-refractivity contribution in [2.45, 2.75) is 6.61 Å². The van der Waals surface area contributed by atoms with Crippen molar-refractivity contribution in [1.29, 1.82) is 0 Å². The smallest absolute Gasteiger partial charge is 0.270 e. The second kappa shape index (κ2) is 10.6. The normalized spacial score (nSPS) is 14.8. The Morgan fingerprint density at radius 1 is 1.14 bits per heavy atom. The van der Waals surface area contributed by atoms with Gasteiger partial charge < -0.3 is 9.47 Å². The molecule has 0 aliphatic carbocycles. The van der Waals surface area contributed by atoms with E-state index in [2.05, 4.69) is 21.2 Å². The van der Waals surface area contributed by atoms with Crippen molar-refractivity contribution in [2.75, 3.05) is 12.0 Å². The molecule has 35 heavy (non-hydrogen) atoms. The molecule has 1 saturated heterocycles. The molecule has 1 fully saturated rings. The summed E-state index contributed by atoms with van der Waals surface area (Å²) in [6.45, 7) is 0.199. The third-order valence-electron chi connectivity index (χ3n) is 5.09. The van der Waals surface area contributed by atoms with Gasteiger partial charge in [-0.25, -0.2) is 9.29 Å². The fourth-order valence-corrected chi connectivity index (χ4v) is 4.44. The molecule has 178 valence electrons. The molecule has 0 saturated carbocycles. The largest absolute Gasteiger partial charge is 0.493 e. The van der Waals surface area contributed by atoms with Crippen molar-refractivity contribution in [2.24, 2.45) is 0 Å². The highest BCUT2D eigenvalue weighted by Gasteiger charge is 2.35. The monoisotopic (exact) mass is 574 g/mol. The Labute approximate surface area is 219 Å². The van der Waals surface area contributed by atoms with Crippen LogP contribution in [-0.2, 0) is 16.2 Å². The van der Waals surface area contributed by atoms with E-state index in [1.807, 2.05) is 18.2 Å². The summed E-state index contributed by atoms with van der Waals surface area (Å²) in [4.78, 5) is 26.7. The number of hydrogen-bond donors (Lipinski definition) is 1. The number of benzene rings is 3. The first kappa shape index (κ1) is 24.8. The third kappa shape index (κ3) is 5.22. The minimum atomic E-state index is -0.752. The summed E-state index contributed by atoms with van der Waals surface area (Å²) in [5.41, 5.74) is 0.984. The fourth-order valence-electron chi connectivity index (χ4n) is 3.40. The molecule has 0 radical (unpaired) electrons. The topological polar surface area (TPSA) is 67.9 Å². The molecule has 0 atom stereocenters. The van der Waals surface area contributed by atoms with E-state index in [1.54, 1.807) is 24.3 Å². The maximum absolute atomic E-state index is 14.4. The van der Waals surface area contributed by atoms with Crippen molar-refractivity contribution < 1.29 is 23.5 Å². The number of rotatable bonds is 6.